The molecule has 0 aliphatic carbocycles. The minimum atomic E-state index is -0.223. The van der Waals surface area contributed by atoms with E-state index < -0.39 is 0 Å². The molecule has 0 atom stereocenters. The number of rotatable bonds is 1. The summed E-state index contributed by atoms with van der Waals surface area (Å²) in [6.45, 7) is 12.3. The number of benzene rings is 1. The van der Waals surface area contributed by atoms with Gasteiger partial charge in [0.05, 0.1) is 17.1 Å². The van der Waals surface area contributed by atoms with Crippen molar-refractivity contribution in [2.45, 2.75) is 52.6 Å². The lowest BCUT2D eigenvalue weighted by Crippen LogP contribution is -2.57. The number of thioether (sulfide) groups is 1. The molecule has 5 heteroatoms. The Bertz CT molecular complexity index is 570. The maximum absolute atomic E-state index is 13.0. The summed E-state index contributed by atoms with van der Waals surface area (Å²) in [5.41, 5.74) is 0.418. The van der Waals surface area contributed by atoms with Gasteiger partial charge in [0.25, 0.3) is 0 Å². The number of hydrogen-bond donors (Lipinski definition) is 0. The van der Waals surface area contributed by atoms with E-state index in [-0.39, 0.29) is 17.1 Å². The summed E-state index contributed by atoms with van der Waals surface area (Å²) in [7, 11) is 0. The fourth-order valence-corrected chi connectivity index (χ4v) is 3.49. The Morgan fingerprint density at radius 3 is 2.14 bits per heavy atom. The summed E-state index contributed by atoms with van der Waals surface area (Å²) in [4.78, 5) is 21.4. The Balaban J connectivity index is 2.47. The fraction of sp³-hybridized carbons (Fsp3) is 0.529. The van der Waals surface area contributed by atoms with E-state index in [0.29, 0.717) is 5.88 Å². The normalized spacial score (nSPS) is 19.0. The summed E-state index contributed by atoms with van der Waals surface area (Å²) in [6, 6.07) is 9.72. The summed E-state index contributed by atoms with van der Waals surface area (Å²) >= 11 is 1.61. The van der Waals surface area contributed by atoms with E-state index in [1.54, 1.807) is 16.7 Å². The van der Waals surface area contributed by atoms with Gasteiger partial charge in [-0.15, -0.1) is 0 Å². The molecular formula is C17H25N3OS. The van der Waals surface area contributed by atoms with Gasteiger partial charge in [-0.05, 0) is 53.7 Å². The molecular weight excluding hydrogens is 294 g/mol. The van der Waals surface area contributed by atoms with Crippen molar-refractivity contribution in [2.24, 2.45) is 4.99 Å². The SMILES string of the molecule is CC(C)(C)/N=C1\SCN(C(C)(C)C)C(=O)N1c1ccccc1. The number of para-hydroxylation sites is 1. The van der Waals surface area contributed by atoms with Gasteiger partial charge in [-0.3, -0.25) is 4.99 Å². The third kappa shape index (κ3) is 3.83. The van der Waals surface area contributed by atoms with Crippen LogP contribution in [-0.4, -0.2) is 33.1 Å². The Kier molecular flexibility index (Phi) is 4.57. The predicted octanol–water partition coefficient (Wildman–Crippen LogP) is 4.57. The van der Waals surface area contributed by atoms with Gasteiger partial charge in [-0.2, -0.15) is 0 Å². The maximum atomic E-state index is 13.0. The second-order valence-electron chi connectivity index (χ2n) is 7.39. The molecule has 0 aromatic heterocycles. The van der Waals surface area contributed by atoms with Gasteiger partial charge >= 0.3 is 6.03 Å². The first-order valence-electron chi connectivity index (χ1n) is 7.49. The molecule has 1 aromatic carbocycles. The zero-order chi connectivity index (χ0) is 16.5. The van der Waals surface area contributed by atoms with Gasteiger partial charge in [0.2, 0.25) is 0 Å². The monoisotopic (exact) mass is 319 g/mol. The van der Waals surface area contributed by atoms with Crippen molar-refractivity contribution in [3.05, 3.63) is 30.3 Å². The van der Waals surface area contributed by atoms with E-state index in [1.165, 1.54) is 0 Å². The van der Waals surface area contributed by atoms with Gasteiger partial charge in [0, 0.05) is 5.54 Å². The lowest BCUT2D eigenvalue weighted by Gasteiger charge is -2.43. The highest BCUT2D eigenvalue weighted by atomic mass is 32.2. The standard InChI is InChI=1S/C17H25N3OS/c1-16(2,3)18-14-20(13-10-8-7-9-11-13)15(21)19(12-22-14)17(4,5)6/h7-11H,12H2,1-6H3/b18-14-. The van der Waals surface area contributed by atoms with Crippen molar-refractivity contribution in [1.82, 2.24) is 4.90 Å². The van der Waals surface area contributed by atoms with E-state index >= 15 is 0 Å². The van der Waals surface area contributed by atoms with Gasteiger partial charge in [0.15, 0.2) is 5.17 Å². The quantitative estimate of drug-likeness (QED) is 0.760. The van der Waals surface area contributed by atoms with Crippen LogP contribution in [-0.2, 0) is 0 Å². The Labute approximate surface area is 137 Å². The molecule has 1 aliphatic heterocycles. The number of urea groups is 1. The van der Waals surface area contributed by atoms with E-state index in [9.17, 15) is 4.79 Å². The number of amides is 2. The molecule has 0 bridgehead atoms. The molecule has 1 aromatic rings. The van der Waals surface area contributed by atoms with E-state index in [4.69, 9.17) is 4.99 Å². The molecule has 22 heavy (non-hydrogen) atoms. The maximum Gasteiger partial charge on any atom is 0.331 e. The molecule has 1 saturated heterocycles. The molecule has 4 nitrogen and oxygen atoms in total. The molecule has 1 fully saturated rings. The van der Waals surface area contributed by atoms with Crippen LogP contribution < -0.4 is 4.90 Å². The van der Waals surface area contributed by atoms with Crippen LogP contribution in [0.2, 0.25) is 0 Å². The molecule has 2 amide bonds. The lowest BCUT2D eigenvalue weighted by atomic mass is 10.1. The third-order valence-electron chi connectivity index (χ3n) is 3.19. The number of aliphatic imine (C=N–C) groups is 1. The Morgan fingerprint density at radius 1 is 1.05 bits per heavy atom. The minimum absolute atomic E-state index is 0.0135. The van der Waals surface area contributed by atoms with Crippen LogP contribution in [0.5, 0.6) is 0 Å². The van der Waals surface area contributed by atoms with Crippen LogP contribution in [0.1, 0.15) is 41.5 Å². The highest BCUT2D eigenvalue weighted by Crippen LogP contribution is 2.32. The highest BCUT2D eigenvalue weighted by molar-refractivity contribution is 8.14. The topological polar surface area (TPSA) is 35.9 Å². The van der Waals surface area contributed by atoms with Crippen LogP contribution in [0.25, 0.3) is 0 Å². The first-order chi connectivity index (χ1) is 10.1. The molecule has 120 valence electrons. The smallest absolute Gasteiger partial charge is 0.309 e. The van der Waals surface area contributed by atoms with Gasteiger partial charge in [-0.25, -0.2) is 9.69 Å². The molecule has 0 saturated carbocycles. The number of carbonyl (C=O) groups excluding carboxylic acids is 1. The lowest BCUT2D eigenvalue weighted by molar-refractivity contribution is 0.169. The summed E-state index contributed by atoms with van der Waals surface area (Å²) < 4.78 is 0. The van der Waals surface area contributed by atoms with Crippen LogP contribution in [0.15, 0.2) is 35.3 Å². The van der Waals surface area contributed by atoms with E-state index in [0.717, 1.165) is 10.9 Å². The highest BCUT2D eigenvalue weighted by Gasteiger charge is 2.38. The zero-order valence-electron chi connectivity index (χ0n) is 14.3. The van der Waals surface area contributed by atoms with Crippen molar-refractivity contribution in [3.63, 3.8) is 0 Å². The third-order valence-corrected chi connectivity index (χ3v) is 4.11. The number of carbonyl (C=O) groups is 1. The molecule has 0 spiro atoms. The summed E-state index contributed by atoms with van der Waals surface area (Å²) in [6.07, 6.45) is 0. The van der Waals surface area contributed by atoms with Gasteiger partial charge in [0.1, 0.15) is 0 Å². The molecule has 0 N–H and O–H groups in total. The van der Waals surface area contributed by atoms with Crippen LogP contribution in [0.4, 0.5) is 10.5 Å². The Morgan fingerprint density at radius 2 is 1.64 bits per heavy atom. The first kappa shape index (κ1) is 16.9. The van der Waals surface area contributed by atoms with Crippen LogP contribution in [0, 0.1) is 0 Å². The number of anilines is 1. The fourth-order valence-electron chi connectivity index (χ4n) is 2.09. The molecule has 2 rings (SSSR count). The van der Waals surface area contributed by atoms with E-state index in [1.807, 2.05) is 56.0 Å². The van der Waals surface area contributed by atoms with Crippen molar-refractivity contribution >= 4 is 28.6 Å². The zero-order valence-corrected chi connectivity index (χ0v) is 15.1. The number of amidine groups is 1. The average Bonchev–Trinajstić information content (AvgIpc) is 2.36. The summed E-state index contributed by atoms with van der Waals surface area (Å²) in [5.74, 6) is 0.626. The van der Waals surface area contributed by atoms with Crippen LogP contribution >= 0.6 is 11.8 Å². The van der Waals surface area contributed by atoms with Crippen molar-refractivity contribution in [3.8, 4) is 0 Å². The van der Waals surface area contributed by atoms with Crippen molar-refractivity contribution in [2.75, 3.05) is 10.8 Å². The van der Waals surface area contributed by atoms with Crippen molar-refractivity contribution in [1.29, 1.82) is 0 Å². The minimum Gasteiger partial charge on any atom is -0.309 e. The molecule has 1 heterocycles. The Hall–Kier alpha value is -1.49. The second kappa shape index (κ2) is 5.95. The summed E-state index contributed by atoms with van der Waals surface area (Å²) in [5, 5.41) is 0.768. The number of nitrogens with zero attached hydrogens (tertiary/aromatic N) is 3. The molecule has 0 radical (unpaired) electrons. The van der Waals surface area contributed by atoms with Crippen LogP contribution in [0.3, 0.4) is 0 Å². The van der Waals surface area contributed by atoms with Gasteiger partial charge < -0.3 is 4.90 Å². The second-order valence-corrected chi connectivity index (χ2v) is 8.30. The average molecular weight is 319 g/mol. The molecule has 0 unspecified atom stereocenters. The number of hydrogen-bond acceptors (Lipinski definition) is 3. The van der Waals surface area contributed by atoms with Crippen molar-refractivity contribution < 1.29 is 4.79 Å². The first-order valence-corrected chi connectivity index (χ1v) is 8.47. The largest absolute Gasteiger partial charge is 0.331 e. The molecule has 1 aliphatic rings. The van der Waals surface area contributed by atoms with Gasteiger partial charge in [-0.1, -0.05) is 30.0 Å². The van der Waals surface area contributed by atoms with E-state index in [2.05, 4.69) is 20.8 Å². The predicted molar refractivity (Wildman–Crippen MR) is 95.6 cm³/mol.